The maximum Gasteiger partial charge on any atom is 0.226 e. The number of carbonyl (C=O) groups is 1. The number of rotatable bonds is 5. The van der Waals surface area contributed by atoms with E-state index in [4.69, 9.17) is 9.84 Å². The van der Waals surface area contributed by atoms with Gasteiger partial charge in [0.15, 0.2) is 0 Å². The second kappa shape index (κ2) is 6.88. The molecule has 2 heterocycles. The van der Waals surface area contributed by atoms with Crippen molar-refractivity contribution in [1.82, 2.24) is 9.78 Å². The quantitative estimate of drug-likeness (QED) is 0.877. The van der Waals surface area contributed by atoms with E-state index < -0.39 is 0 Å². The Morgan fingerprint density at radius 1 is 1.24 bits per heavy atom. The molecule has 1 atom stereocenters. The fourth-order valence-electron chi connectivity index (χ4n) is 4.00. The minimum atomic E-state index is -0.0752. The summed E-state index contributed by atoms with van der Waals surface area (Å²) in [4.78, 5) is 12.4. The molecule has 4 rings (SSSR count). The first kappa shape index (κ1) is 16.1. The maximum atomic E-state index is 12.4. The van der Waals surface area contributed by atoms with Crippen molar-refractivity contribution in [2.75, 3.05) is 18.5 Å². The van der Waals surface area contributed by atoms with Crippen molar-refractivity contribution in [2.24, 2.45) is 0 Å². The summed E-state index contributed by atoms with van der Waals surface area (Å²) in [6, 6.07) is 8.12. The van der Waals surface area contributed by atoms with Crippen LogP contribution in [0.1, 0.15) is 55.2 Å². The van der Waals surface area contributed by atoms with E-state index in [1.165, 1.54) is 12.8 Å². The largest absolute Gasteiger partial charge is 0.491 e. The Labute approximate surface area is 146 Å². The Hall–Kier alpha value is -2.34. The summed E-state index contributed by atoms with van der Waals surface area (Å²) in [5, 5.41) is 16.7. The smallest absolute Gasteiger partial charge is 0.226 e. The Bertz CT molecular complexity index is 765. The van der Waals surface area contributed by atoms with Crippen LogP contribution in [0.3, 0.4) is 0 Å². The summed E-state index contributed by atoms with van der Waals surface area (Å²) in [5.41, 5.74) is 2.02. The summed E-state index contributed by atoms with van der Waals surface area (Å²) in [7, 11) is 0. The van der Waals surface area contributed by atoms with Gasteiger partial charge in [-0.1, -0.05) is 31.0 Å². The average Bonchev–Trinajstić information content (AvgIpc) is 3.28. The number of fused-ring (bicyclic) bond motifs is 1. The van der Waals surface area contributed by atoms with Gasteiger partial charge < -0.3 is 15.2 Å². The number of nitrogens with zero attached hydrogens (tertiary/aromatic N) is 2. The topological polar surface area (TPSA) is 76.4 Å². The molecule has 132 valence electrons. The first-order valence-electron chi connectivity index (χ1n) is 8.97. The van der Waals surface area contributed by atoms with Crippen molar-refractivity contribution >= 4 is 11.7 Å². The van der Waals surface area contributed by atoms with Crippen molar-refractivity contribution in [2.45, 2.75) is 44.1 Å². The lowest BCUT2D eigenvalue weighted by atomic mass is 9.87. The summed E-state index contributed by atoms with van der Waals surface area (Å²) in [5.74, 6) is 1.49. The van der Waals surface area contributed by atoms with E-state index in [1.807, 2.05) is 35.1 Å². The van der Waals surface area contributed by atoms with Crippen LogP contribution < -0.4 is 10.1 Å². The Balaban J connectivity index is 1.72. The standard InChI is InChI=1S/C19H23N3O3/c23-9-10-25-17-8-4-3-7-14(17)15-11-18(24)21-19-16(15)12-20-22(19)13-5-1-2-6-13/h3-4,7-8,12-13,15,23H,1-2,5-6,9-11H2,(H,21,24). The van der Waals surface area contributed by atoms with Gasteiger partial charge in [0, 0.05) is 23.5 Å². The monoisotopic (exact) mass is 341 g/mol. The van der Waals surface area contributed by atoms with E-state index in [1.54, 1.807) is 0 Å². The zero-order chi connectivity index (χ0) is 17.2. The van der Waals surface area contributed by atoms with Gasteiger partial charge in [-0.2, -0.15) is 5.10 Å². The molecule has 1 fully saturated rings. The van der Waals surface area contributed by atoms with Gasteiger partial charge in [-0.05, 0) is 18.9 Å². The number of benzene rings is 1. The molecular formula is C19H23N3O3. The molecule has 2 aliphatic rings. The number of aliphatic hydroxyl groups excluding tert-OH is 1. The SMILES string of the molecule is O=C1CC(c2ccccc2OCCO)c2cnn(C3CCCC3)c2N1. The lowest BCUT2D eigenvalue weighted by Crippen LogP contribution is -2.26. The van der Waals surface area contributed by atoms with Crippen molar-refractivity contribution in [3.63, 3.8) is 0 Å². The number of nitrogens with one attached hydrogen (secondary N) is 1. The van der Waals surface area contributed by atoms with Crippen LogP contribution in [0.2, 0.25) is 0 Å². The zero-order valence-corrected chi connectivity index (χ0v) is 14.1. The van der Waals surface area contributed by atoms with Crippen LogP contribution in [0.5, 0.6) is 5.75 Å². The lowest BCUT2D eigenvalue weighted by Gasteiger charge is -2.26. The molecule has 6 heteroatoms. The zero-order valence-electron chi connectivity index (χ0n) is 14.1. The molecule has 1 aromatic carbocycles. The molecule has 0 bridgehead atoms. The molecule has 1 amide bonds. The number of aliphatic hydroxyl groups is 1. The first-order valence-corrected chi connectivity index (χ1v) is 8.97. The average molecular weight is 341 g/mol. The summed E-state index contributed by atoms with van der Waals surface area (Å²) < 4.78 is 7.69. The highest BCUT2D eigenvalue weighted by Gasteiger charge is 2.33. The normalized spacial score (nSPS) is 20.4. The van der Waals surface area contributed by atoms with Crippen LogP contribution >= 0.6 is 0 Å². The minimum Gasteiger partial charge on any atom is -0.491 e. The van der Waals surface area contributed by atoms with Crippen molar-refractivity contribution < 1.29 is 14.6 Å². The van der Waals surface area contributed by atoms with Crippen LogP contribution in [0.25, 0.3) is 0 Å². The molecule has 25 heavy (non-hydrogen) atoms. The predicted octanol–water partition coefficient (Wildman–Crippen LogP) is 2.84. The number of hydrogen-bond donors (Lipinski definition) is 2. The fourth-order valence-corrected chi connectivity index (χ4v) is 4.00. The number of carbonyl (C=O) groups excluding carboxylic acids is 1. The van der Waals surface area contributed by atoms with Gasteiger partial charge in [0.2, 0.25) is 5.91 Å². The van der Waals surface area contributed by atoms with E-state index in [-0.39, 0.29) is 25.0 Å². The molecule has 2 aromatic rings. The van der Waals surface area contributed by atoms with E-state index >= 15 is 0 Å². The summed E-state index contributed by atoms with van der Waals surface area (Å²) in [6.07, 6.45) is 6.93. The number of aromatic nitrogens is 2. The molecule has 1 aliphatic heterocycles. The summed E-state index contributed by atoms with van der Waals surface area (Å²) >= 11 is 0. The number of anilines is 1. The van der Waals surface area contributed by atoms with Crippen LogP contribution in [0, 0.1) is 0 Å². The van der Waals surface area contributed by atoms with Gasteiger partial charge in [0.25, 0.3) is 0 Å². The summed E-state index contributed by atoms with van der Waals surface area (Å²) in [6.45, 7) is 0.203. The Morgan fingerprint density at radius 3 is 2.84 bits per heavy atom. The number of hydrogen-bond acceptors (Lipinski definition) is 4. The van der Waals surface area contributed by atoms with Gasteiger partial charge in [-0.3, -0.25) is 4.79 Å². The third-order valence-corrected chi connectivity index (χ3v) is 5.16. The molecule has 1 unspecified atom stereocenters. The van der Waals surface area contributed by atoms with E-state index in [9.17, 15) is 4.79 Å². The van der Waals surface area contributed by atoms with Crippen LogP contribution in [-0.4, -0.2) is 34.0 Å². The van der Waals surface area contributed by atoms with Gasteiger partial charge >= 0.3 is 0 Å². The van der Waals surface area contributed by atoms with Crippen LogP contribution in [-0.2, 0) is 4.79 Å². The first-order chi connectivity index (χ1) is 12.3. The highest BCUT2D eigenvalue weighted by atomic mass is 16.5. The second-order valence-electron chi connectivity index (χ2n) is 6.75. The molecule has 0 saturated heterocycles. The van der Waals surface area contributed by atoms with Crippen LogP contribution in [0.15, 0.2) is 30.5 Å². The highest BCUT2D eigenvalue weighted by molar-refractivity contribution is 5.94. The predicted molar refractivity (Wildman–Crippen MR) is 93.8 cm³/mol. The highest BCUT2D eigenvalue weighted by Crippen LogP contribution is 2.43. The van der Waals surface area contributed by atoms with Crippen molar-refractivity contribution in [1.29, 1.82) is 0 Å². The molecule has 0 spiro atoms. The van der Waals surface area contributed by atoms with E-state index in [0.29, 0.717) is 12.5 Å². The third-order valence-electron chi connectivity index (χ3n) is 5.16. The molecule has 2 N–H and O–H groups in total. The molecule has 6 nitrogen and oxygen atoms in total. The van der Waals surface area contributed by atoms with Gasteiger partial charge in [-0.25, -0.2) is 4.68 Å². The maximum absolute atomic E-state index is 12.4. The number of para-hydroxylation sites is 1. The fraction of sp³-hybridized carbons (Fsp3) is 0.474. The molecule has 1 saturated carbocycles. The second-order valence-corrected chi connectivity index (χ2v) is 6.75. The molecule has 1 aliphatic carbocycles. The minimum absolute atomic E-state index is 0.00853. The van der Waals surface area contributed by atoms with Crippen molar-refractivity contribution in [3.05, 3.63) is 41.6 Å². The molecule has 0 radical (unpaired) electrons. The lowest BCUT2D eigenvalue weighted by molar-refractivity contribution is -0.116. The van der Waals surface area contributed by atoms with Gasteiger partial charge in [-0.15, -0.1) is 0 Å². The molecular weight excluding hydrogens is 318 g/mol. The molecule has 1 aromatic heterocycles. The number of amides is 1. The van der Waals surface area contributed by atoms with Gasteiger partial charge in [0.05, 0.1) is 18.8 Å². The van der Waals surface area contributed by atoms with Crippen LogP contribution in [0.4, 0.5) is 5.82 Å². The number of ether oxygens (including phenoxy) is 1. The van der Waals surface area contributed by atoms with Gasteiger partial charge in [0.1, 0.15) is 18.2 Å². The Kier molecular flexibility index (Phi) is 4.44. The third kappa shape index (κ3) is 3.02. The van der Waals surface area contributed by atoms with E-state index in [0.717, 1.165) is 35.5 Å². The Morgan fingerprint density at radius 2 is 2.04 bits per heavy atom. The van der Waals surface area contributed by atoms with E-state index in [2.05, 4.69) is 10.4 Å². The van der Waals surface area contributed by atoms with Crippen molar-refractivity contribution in [3.8, 4) is 5.75 Å².